The summed E-state index contributed by atoms with van der Waals surface area (Å²) in [5.41, 5.74) is 4.20. The van der Waals surface area contributed by atoms with Gasteiger partial charge in [-0.3, -0.25) is 14.2 Å². The SMILES string of the molecule is CCOc1cccc(C(=O)Nc2ccc(C)c(-n3cnc4ccc(N5CCN(C)CC5)cc4c3=O)c2)c1. The highest BCUT2D eigenvalue weighted by Crippen LogP contribution is 2.23. The topological polar surface area (TPSA) is 79.7 Å². The van der Waals surface area contributed by atoms with Crippen molar-refractivity contribution in [1.29, 1.82) is 0 Å². The lowest BCUT2D eigenvalue weighted by molar-refractivity contribution is 0.102. The van der Waals surface area contributed by atoms with Crippen LogP contribution in [0.1, 0.15) is 22.8 Å². The van der Waals surface area contributed by atoms with E-state index >= 15 is 0 Å². The monoisotopic (exact) mass is 497 g/mol. The number of carbonyl (C=O) groups excluding carboxylic acids is 1. The van der Waals surface area contributed by atoms with Crippen LogP contribution in [0.4, 0.5) is 11.4 Å². The Balaban J connectivity index is 1.45. The molecular weight excluding hydrogens is 466 g/mol. The number of hydrogen-bond acceptors (Lipinski definition) is 6. The van der Waals surface area contributed by atoms with E-state index in [2.05, 4.69) is 27.1 Å². The first kappa shape index (κ1) is 24.5. The molecule has 4 aromatic rings. The van der Waals surface area contributed by atoms with Gasteiger partial charge in [-0.1, -0.05) is 12.1 Å². The number of nitrogens with zero attached hydrogens (tertiary/aromatic N) is 4. The molecular formula is C29H31N5O3. The number of rotatable bonds is 6. The van der Waals surface area contributed by atoms with Gasteiger partial charge >= 0.3 is 0 Å². The van der Waals surface area contributed by atoms with Gasteiger partial charge in [0, 0.05) is 43.1 Å². The Morgan fingerprint density at radius 1 is 1.03 bits per heavy atom. The van der Waals surface area contributed by atoms with Crippen LogP contribution in [0.5, 0.6) is 5.75 Å². The summed E-state index contributed by atoms with van der Waals surface area (Å²) in [6.07, 6.45) is 1.56. The Bertz CT molecular complexity index is 1510. The highest BCUT2D eigenvalue weighted by Gasteiger charge is 2.16. The lowest BCUT2D eigenvalue weighted by atomic mass is 10.1. The summed E-state index contributed by atoms with van der Waals surface area (Å²) in [6.45, 7) is 8.18. The minimum atomic E-state index is -0.253. The zero-order valence-corrected chi connectivity index (χ0v) is 21.4. The molecule has 5 rings (SSSR count). The number of likely N-dealkylation sites (N-methyl/N-ethyl adjacent to an activating group) is 1. The molecule has 0 aliphatic carbocycles. The lowest BCUT2D eigenvalue weighted by Crippen LogP contribution is -2.44. The summed E-state index contributed by atoms with van der Waals surface area (Å²) in [5.74, 6) is 0.390. The number of piperazine rings is 1. The van der Waals surface area contributed by atoms with E-state index < -0.39 is 0 Å². The van der Waals surface area contributed by atoms with Gasteiger partial charge in [0.25, 0.3) is 11.5 Å². The molecule has 0 bridgehead atoms. The van der Waals surface area contributed by atoms with E-state index in [1.54, 1.807) is 35.2 Å². The van der Waals surface area contributed by atoms with Crippen molar-refractivity contribution in [2.24, 2.45) is 0 Å². The molecule has 0 spiro atoms. The first-order valence-corrected chi connectivity index (χ1v) is 12.5. The van der Waals surface area contributed by atoms with Crippen LogP contribution >= 0.6 is 0 Å². The predicted octanol–water partition coefficient (Wildman–Crippen LogP) is 4.10. The summed E-state index contributed by atoms with van der Waals surface area (Å²) in [7, 11) is 2.12. The van der Waals surface area contributed by atoms with E-state index in [1.165, 1.54) is 0 Å². The molecule has 8 nitrogen and oxygen atoms in total. The summed E-state index contributed by atoms with van der Waals surface area (Å²) < 4.78 is 7.06. The molecule has 1 aromatic heterocycles. The van der Waals surface area contributed by atoms with E-state index in [0.717, 1.165) is 37.4 Å². The average Bonchev–Trinajstić information content (AvgIpc) is 2.91. The zero-order chi connectivity index (χ0) is 25.9. The van der Waals surface area contributed by atoms with Crippen molar-refractivity contribution in [3.8, 4) is 11.4 Å². The molecule has 1 fully saturated rings. The molecule has 0 radical (unpaired) electrons. The van der Waals surface area contributed by atoms with E-state index in [1.807, 2.05) is 50.2 Å². The Hall–Kier alpha value is -4.17. The summed E-state index contributed by atoms with van der Waals surface area (Å²) >= 11 is 0. The van der Waals surface area contributed by atoms with Gasteiger partial charge in [0.2, 0.25) is 0 Å². The van der Waals surface area contributed by atoms with Crippen LogP contribution in [0.2, 0.25) is 0 Å². The van der Waals surface area contributed by atoms with Crippen LogP contribution in [-0.4, -0.2) is 60.2 Å². The number of aromatic nitrogens is 2. The van der Waals surface area contributed by atoms with Gasteiger partial charge in [-0.05, 0) is 75.0 Å². The van der Waals surface area contributed by atoms with Gasteiger partial charge in [-0.15, -0.1) is 0 Å². The van der Waals surface area contributed by atoms with Crippen LogP contribution in [0.25, 0.3) is 16.6 Å². The van der Waals surface area contributed by atoms with Crippen molar-refractivity contribution >= 4 is 28.2 Å². The largest absolute Gasteiger partial charge is 0.494 e. The second kappa shape index (κ2) is 10.4. The number of fused-ring (bicyclic) bond motifs is 1. The second-order valence-corrected chi connectivity index (χ2v) is 9.33. The minimum Gasteiger partial charge on any atom is -0.494 e. The highest BCUT2D eigenvalue weighted by atomic mass is 16.5. The molecule has 3 aromatic carbocycles. The first-order chi connectivity index (χ1) is 17.9. The Morgan fingerprint density at radius 3 is 2.62 bits per heavy atom. The van der Waals surface area contributed by atoms with Crippen LogP contribution < -0.4 is 20.5 Å². The maximum Gasteiger partial charge on any atom is 0.265 e. The molecule has 1 aliphatic rings. The molecule has 1 amide bonds. The quantitative estimate of drug-likeness (QED) is 0.432. The van der Waals surface area contributed by atoms with Crippen molar-refractivity contribution in [2.75, 3.05) is 50.1 Å². The smallest absolute Gasteiger partial charge is 0.265 e. The second-order valence-electron chi connectivity index (χ2n) is 9.33. The normalized spacial score (nSPS) is 14.1. The third-order valence-corrected chi connectivity index (χ3v) is 6.74. The van der Waals surface area contributed by atoms with Gasteiger partial charge < -0.3 is 19.9 Å². The molecule has 0 unspecified atom stereocenters. The fourth-order valence-corrected chi connectivity index (χ4v) is 4.59. The maximum atomic E-state index is 13.6. The maximum absolute atomic E-state index is 13.6. The third kappa shape index (κ3) is 5.20. The molecule has 0 atom stereocenters. The molecule has 0 saturated carbocycles. The van der Waals surface area contributed by atoms with E-state index in [-0.39, 0.29) is 11.5 Å². The van der Waals surface area contributed by atoms with Crippen molar-refractivity contribution in [1.82, 2.24) is 14.5 Å². The number of hydrogen-bond donors (Lipinski definition) is 1. The first-order valence-electron chi connectivity index (χ1n) is 12.5. The summed E-state index contributed by atoms with van der Waals surface area (Å²) in [6, 6.07) is 18.5. The van der Waals surface area contributed by atoms with Crippen LogP contribution in [0.3, 0.4) is 0 Å². The Morgan fingerprint density at radius 2 is 1.84 bits per heavy atom. The van der Waals surface area contributed by atoms with Crippen molar-refractivity contribution in [3.05, 3.63) is 88.5 Å². The van der Waals surface area contributed by atoms with Gasteiger partial charge in [-0.2, -0.15) is 0 Å². The number of aryl methyl sites for hydroxylation is 1. The van der Waals surface area contributed by atoms with E-state index in [9.17, 15) is 9.59 Å². The standard InChI is InChI=1S/C29H31N5O3/c1-4-37-24-7-5-6-21(16-24)28(35)31-22-9-8-20(2)27(17-22)34-19-30-26-11-10-23(18-25(26)29(34)36)33-14-12-32(3)13-15-33/h5-11,16-19H,4,12-15H2,1-3H3,(H,31,35). The summed E-state index contributed by atoms with van der Waals surface area (Å²) in [5, 5.41) is 3.51. The molecule has 1 aliphatic heterocycles. The molecule has 190 valence electrons. The number of carbonyl (C=O) groups is 1. The van der Waals surface area contributed by atoms with Crippen LogP contribution in [-0.2, 0) is 0 Å². The Labute approximate surface area is 216 Å². The molecule has 37 heavy (non-hydrogen) atoms. The van der Waals surface area contributed by atoms with Gasteiger partial charge in [0.15, 0.2) is 0 Å². The van der Waals surface area contributed by atoms with Crippen molar-refractivity contribution in [3.63, 3.8) is 0 Å². The van der Waals surface area contributed by atoms with Crippen LogP contribution in [0.15, 0.2) is 71.8 Å². The van der Waals surface area contributed by atoms with Crippen molar-refractivity contribution in [2.45, 2.75) is 13.8 Å². The molecule has 1 N–H and O–H groups in total. The van der Waals surface area contributed by atoms with E-state index in [0.29, 0.717) is 40.2 Å². The number of amides is 1. The average molecular weight is 498 g/mol. The fraction of sp³-hybridized carbons (Fsp3) is 0.276. The zero-order valence-electron chi connectivity index (χ0n) is 21.4. The summed E-state index contributed by atoms with van der Waals surface area (Å²) in [4.78, 5) is 35.7. The highest BCUT2D eigenvalue weighted by molar-refractivity contribution is 6.04. The molecule has 1 saturated heterocycles. The molecule has 2 heterocycles. The fourth-order valence-electron chi connectivity index (χ4n) is 4.59. The number of anilines is 2. The van der Waals surface area contributed by atoms with Gasteiger partial charge in [0.1, 0.15) is 12.1 Å². The minimum absolute atomic E-state index is 0.142. The predicted molar refractivity (Wildman–Crippen MR) is 147 cm³/mol. The van der Waals surface area contributed by atoms with Gasteiger partial charge in [-0.25, -0.2) is 4.98 Å². The van der Waals surface area contributed by atoms with Crippen molar-refractivity contribution < 1.29 is 9.53 Å². The van der Waals surface area contributed by atoms with Gasteiger partial charge in [0.05, 0.1) is 23.2 Å². The third-order valence-electron chi connectivity index (χ3n) is 6.74. The molecule has 8 heteroatoms. The van der Waals surface area contributed by atoms with Crippen LogP contribution in [0, 0.1) is 6.92 Å². The lowest BCUT2D eigenvalue weighted by Gasteiger charge is -2.34. The Kier molecular flexibility index (Phi) is 6.92. The van der Waals surface area contributed by atoms with E-state index in [4.69, 9.17) is 4.74 Å². The number of benzene rings is 3. The number of nitrogens with one attached hydrogen (secondary N) is 1. The number of ether oxygens (including phenoxy) is 1.